The first-order valence-corrected chi connectivity index (χ1v) is 10.3. The molecule has 1 amide bonds. The van der Waals surface area contributed by atoms with Gasteiger partial charge in [0, 0.05) is 49.3 Å². The predicted octanol–water partition coefficient (Wildman–Crippen LogP) is 3.81. The number of carbonyl (C=O) groups is 1. The molecule has 0 radical (unpaired) electrons. The molecule has 0 bridgehead atoms. The van der Waals surface area contributed by atoms with E-state index in [0.717, 1.165) is 37.3 Å². The van der Waals surface area contributed by atoms with Crippen molar-refractivity contribution in [2.45, 2.75) is 39.3 Å². The molecule has 0 unspecified atom stereocenters. The molecule has 29 heavy (non-hydrogen) atoms. The monoisotopic (exact) mass is 388 g/mol. The van der Waals surface area contributed by atoms with Gasteiger partial charge in [-0.15, -0.1) is 0 Å². The van der Waals surface area contributed by atoms with E-state index in [1.54, 1.807) is 6.20 Å². The fourth-order valence-corrected chi connectivity index (χ4v) is 4.05. The third kappa shape index (κ3) is 4.34. The summed E-state index contributed by atoms with van der Waals surface area (Å²) < 4.78 is 2.09. The van der Waals surface area contributed by atoms with Crippen molar-refractivity contribution < 1.29 is 4.79 Å². The van der Waals surface area contributed by atoms with Crippen LogP contribution in [0.4, 0.5) is 5.69 Å². The first-order chi connectivity index (χ1) is 14.1. The number of para-hydroxylation sites is 1. The van der Waals surface area contributed by atoms with Gasteiger partial charge in [0.05, 0.1) is 0 Å². The summed E-state index contributed by atoms with van der Waals surface area (Å²) in [5, 5.41) is 3.06. The van der Waals surface area contributed by atoms with Crippen molar-refractivity contribution >= 4 is 11.6 Å². The van der Waals surface area contributed by atoms with Gasteiger partial charge in [0.25, 0.3) is 5.91 Å². The van der Waals surface area contributed by atoms with Gasteiger partial charge >= 0.3 is 0 Å². The summed E-state index contributed by atoms with van der Waals surface area (Å²) in [6.45, 7) is 6.67. The molecule has 1 aliphatic heterocycles. The smallest absolute Gasteiger partial charge is 0.251 e. The normalized spacial score (nSPS) is 15.4. The Kier molecular flexibility index (Phi) is 5.65. The second-order valence-corrected chi connectivity index (χ2v) is 7.78. The highest BCUT2D eigenvalue weighted by Crippen LogP contribution is 2.31. The Bertz CT molecular complexity index is 977. The molecule has 1 N–H and O–H groups in total. The largest absolute Gasteiger partial charge is 0.368 e. The van der Waals surface area contributed by atoms with E-state index >= 15 is 0 Å². The Hall–Kier alpha value is -3.08. The van der Waals surface area contributed by atoms with Crippen molar-refractivity contribution in [2.75, 3.05) is 18.0 Å². The quantitative estimate of drug-likeness (QED) is 0.626. The maximum absolute atomic E-state index is 12.4. The number of fused-ring (bicyclic) bond motifs is 1. The number of amides is 1. The molecule has 3 aromatic rings. The van der Waals surface area contributed by atoms with Gasteiger partial charge in [-0.05, 0) is 56.0 Å². The molecule has 0 fully saturated rings. The third-order valence-electron chi connectivity index (χ3n) is 5.70. The highest BCUT2D eigenvalue weighted by atomic mass is 16.1. The molecule has 0 saturated carbocycles. The third-order valence-corrected chi connectivity index (χ3v) is 5.70. The minimum Gasteiger partial charge on any atom is -0.368 e. The maximum atomic E-state index is 12.4. The average molecular weight is 389 g/mol. The van der Waals surface area contributed by atoms with Gasteiger partial charge in [-0.3, -0.25) is 4.79 Å². The van der Waals surface area contributed by atoms with E-state index in [-0.39, 0.29) is 5.91 Å². The van der Waals surface area contributed by atoms with Crippen LogP contribution in [-0.4, -0.2) is 34.6 Å². The lowest BCUT2D eigenvalue weighted by Crippen LogP contribution is -2.33. The Morgan fingerprint density at radius 3 is 2.72 bits per heavy atom. The van der Waals surface area contributed by atoms with Gasteiger partial charge in [-0.1, -0.05) is 30.3 Å². The van der Waals surface area contributed by atoms with Crippen LogP contribution in [0.1, 0.15) is 40.7 Å². The number of hydrogen-bond donors (Lipinski definition) is 1. The zero-order chi connectivity index (χ0) is 20.2. The zero-order valence-electron chi connectivity index (χ0n) is 17.1. The van der Waals surface area contributed by atoms with Crippen LogP contribution >= 0.6 is 0 Å². The first kappa shape index (κ1) is 19.2. The lowest BCUT2D eigenvalue weighted by molar-refractivity contribution is 0.0953. The molecule has 1 aromatic heterocycles. The van der Waals surface area contributed by atoms with Crippen LogP contribution in [0.5, 0.6) is 0 Å². The van der Waals surface area contributed by atoms with Crippen molar-refractivity contribution in [3.8, 4) is 0 Å². The summed E-state index contributed by atoms with van der Waals surface area (Å²) in [4.78, 5) is 19.1. The summed E-state index contributed by atoms with van der Waals surface area (Å²) in [5.74, 6) is 0.979. The standard InChI is InChI=1S/C24H28N4O/c1-18-16-22-6-3-4-7-23(22)28(18)14-5-12-26-24(29)21-10-8-20(9-11-21)17-27-15-13-25-19(27)2/h3-4,6-11,13,15,18H,5,12,14,16-17H2,1-2H3,(H,26,29)/t18-/m0/s1. The Morgan fingerprint density at radius 2 is 1.97 bits per heavy atom. The van der Waals surface area contributed by atoms with Crippen LogP contribution in [0.3, 0.4) is 0 Å². The second-order valence-electron chi connectivity index (χ2n) is 7.78. The van der Waals surface area contributed by atoms with Crippen LogP contribution in [0, 0.1) is 6.92 Å². The average Bonchev–Trinajstić information content (AvgIpc) is 3.28. The van der Waals surface area contributed by atoms with Gasteiger partial charge in [0.15, 0.2) is 0 Å². The Morgan fingerprint density at radius 1 is 1.17 bits per heavy atom. The molecule has 150 valence electrons. The first-order valence-electron chi connectivity index (χ1n) is 10.3. The molecule has 0 aliphatic carbocycles. The molecule has 5 heteroatoms. The molecule has 1 atom stereocenters. The molecule has 0 saturated heterocycles. The number of nitrogens with zero attached hydrogens (tertiary/aromatic N) is 3. The fraction of sp³-hybridized carbons (Fsp3) is 0.333. The van der Waals surface area contributed by atoms with E-state index in [1.165, 1.54) is 11.3 Å². The van der Waals surface area contributed by atoms with Gasteiger partial charge < -0.3 is 14.8 Å². The second kappa shape index (κ2) is 8.52. The van der Waals surface area contributed by atoms with Crippen LogP contribution in [0.2, 0.25) is 0 Å². The zero-order valence-corrected chi connectivity index (χ0v) is 17.1. The van der Waals surface area contributed by atoms with Crippen molar-refractivity contribution in [1.82, 2.24) is 14.9 Å². The summed E-state index contributed by atoms with van der Waals surface area (Å²) in [5.41, 5.74) is 4.63. The Balaban J connectivity index is 1.25. The number of aryl methyl sites for hydroxylation is 1. The molecule has 2 aromatic carbocycles. The van der Waals surface area contributed by atoms with Crippen LogP contribution in [-0.2, 0) is 13.0 Å². The number of carbonyl (C=O) groups excluding carboxylic acids is 1. The lowest BCUT2D eigenvalue weighted by Gasteiger charge is -2.24. The SMILES string of the molecule is Cc1nccn1Cc1ccc(C(=O)NCCCN2c3ccccc3C[C@@H]2C)cc1. The van der Waals surface area contributed by atoms with Crippen molar-refractivity contribution in [2.24, 2.45) is 0 Å². The molecule has 2 heterocycles. The van der Waals surface area contributed by atoms with Crippen molar-refractivity contribution in [3.05, 3.63) is 83.4 Å². The number of nitrogens with one attached hydrogen (secondary N) is 1. The molecule has 5 nitrogen and oxygen atoms in total. The molecular weight excluding hydrogens is 360 g/mol. The summed E-state index contributed by atoms with van der Waals surface area (Å²) >= 11 is 0. The van der Waals surface area contributed by atoms with E-state index in [1.807, 2.05) is 37.4 Å². The predicted molar refractivity (Wildman–Crippen MR) is 116 cm³/mol. The number of rotatable bonds is 7. The van der Waals surface area contributed by atoms with E-state index in [4.69, 9.17) is 0 Å². The van der Waals surface area contributed by atoms with Crippen molar-refractivity contribution in [1.29, 1.82) is 0 Å². The van der Waals surface area contributed by atoms with Gasteiger partial charge in [-0.2, -0.15) is 0 Å². The van der Waals surface area contributed by atoms with E-state index < -0.39 is 0 Å². The van der Waals surface area contributed by atoms with E-state index in [9.17, 15) is 4.79 Å². The van der Waals surface area contributed by atoms with Gasteiger partial charge in [0.1, 0.15) is 5.82 Å². The van der Waals surface area contributed by atoms with Crippen molar-refractivity contribution in [3.63, 3.8) is 0 Å². The Labute approximate surface area is 172 Å². The minimum atomic E-state index is -0.00904. The maximum Gasteiger partial charge on any atom is 0.251 e. The molecular formula is C24H28N4O. The van der Waals surface area contributed by atoms with E-state index in [2.05, 4.69) is 51.0 Å². The number of benzene rings is 2. The topological polar surface area (TPSA) is 50.2 Å². The number of hydrogen-bond acceptors (Lipinski definition) is 3. The number of aromatic nitrogens is 2. The fourth-order valence-electron chi connectivity index (χ4n) is 4.05. The summed E-state index contributed by atoms with van der Waals surface area (Å²) in [6.07, 6.45) is 5.81. The molecule has 4 rings (SSSR count). The van der Waals surface area contributed by atoms with Gasteiger partial charge in [0.2, 0.25) is 0 Å². The highest BCUT2D eigenvalue weighted by molar-refractivity contribution is 5.94. The van der Waals surface area contributed by atoms with Crippen LogP contribution in [0.15, 0.2) is 60.9 Å². The summed E-state index contributed by atoms with van der Waals surface area (Å²) in [6, 6.07) is 17.0. The van der Waals surface area contributed by atoms with Gasteiger partial charge in [-0.25, -0.2) is 4.98 Å². The van der Waals surface area contributed by atoms with Crippen LogP contribution < -0.4 is 10.2 Å². The number of anilines is 1. The molecule has 1 aliphatic rings. The highest BCUT2D eigenvalue weighted by Gasteiger charge is 2.24. The minimum absolute atomic E-state index is 0.00904. The van der Waals surface area contributed by atoms with E-state index in [0.29, 0.717) is 18.2 Å². The lowest BCUT2D eigenvalue weighted by atomic mass is 10.1. The van der Waals surface area contributed by atoms with Crippen LogP contribution in [0.25, 0.3) is 0 Å². The summed E-state index contributed by atoms with van der Waals surface area (Å²) in [7, 11) is 0. The number of imidazole rings is 1. The molecule has 0 spiro atoms.